The van der Waals surface area contributed by atoms with E-state index in [9.17, 15) is 9.59 Å². The minimum absolute atomic E-state index is 0.107. The van der Waals surface area contributed by atoms with Crippen molar-refractivity contribution in [1.82, 2.24) is 5.32 Å². The van der Waals surface area contributed by atoms with Crippen LogP contribution < -0.4 is 19.7 Å². The van der Waals surface area contributed by atoms with Gasteiger partial charge in [-0.15, -0.1) is 0 Å². The monoisotopic (exact) mass is 262 g/mol. The van der Waals surface area contributed by atoms with E-state index in [4.69, 9.17) is 9.47 Å². The Bertz CT molecular complexity index is 543. The van der Waals surface area contributed by atoms with Gasteiger partial charge >= 0.3 is 0 Å². The maximum Gasteiger partial charge on any atom is 0.249 e. The molecule has 0 aromatic heterocycles. The van der Waals surface area contributed by atoms with Crippen molar-refractivity contribution in [2.75, 3.05) is 18.2 Å². The second kappa shape index (κ2) is 4.46. The molecule has 2 heterocycles. The number of rotatable bonds is 1. The topological polar surface area (TPSA) is 67.9 Å². The number of hydrogen-bond donors (Lipinski definition) is 1. The van der Waals surface area contributed by atoms with Crippen molar-refractivity contribution in [2.45, 2.75) is 19.4 Å². The molecule has 3 rings (SSSR count). The van der Waals surface area contributed by atoms with Crippen molar-refractivity contribution in [3.63, 3.8) is 0 Å². The summed E-state index contributed by atoms with van der Waals surface area (Å²) in [6, 6.07) is 4.83. The highest BCUT2D eigenvalue weighted by atomic mass is 16.7. The molecule has 19 heavy (non-hydrogen) atoms. The molecule has 1 N–H and O–H groups in total. The van der Waals surface area contributed by atoms with E-state index in [0.29, 0.717) is 24.5 Å². The van der Waals surface area contributed by atoms with Crippen molar-refractivity contribution in [2.24, 2.45) is 0 Å². The van der Waals surface area contributed by atoms with Gasteiger partial charge in [0.1, 0.15) is 6.04 Å². The molecule has 2 aliphatic heterocycles. The second-order valence-electron chi connectivity index (χ2n) is 4.57. The molecule has 1 aromatic rings. The summed E-state index contributed by atoms with van der Waals surface area (Å²) in [5.41, 5.74) is 0.720. The number of carbonyl (C=O) groups excluding carboxylic acids is 2. The molecule has 0 aliphatic carbocycles. The van der Waals surface area contributed by atoms with Gasteiger partial charge in [-0.05, 0) is 19.1 Å². The highest BCUT2D eigenvalue weighted by molar-refractivity contribution is 6.01. The van der Waals surface area contributed by atoms with Crippen LogP contribution in [-0.4, -0.2) is 31.2 Å². The van der Waals surface area contributed by atoms with Gasteiger partial charge in [0.25, 0.3) is 0 Å². The Kier molecular flexibility index (Phi) is 2.77. The molecular formula is C13H14N2O4. The zero-order chi connectivity index (χ0) is 13.4. The Morgan fingerprint density at radius 2 is 2.05 bits per heavy atom. The second-order valence-corrected chi connectivity index (χ2v) is 4.57. The summed E-state index contributed by atoms with van der Waals surface area (Å²) in [4.78, 5) is 25.3. The molecule has 2 aliphatic rings. The van der Waals surface area contributed by atoms with E-state index < -0.39 is 6.04 Å². The molecule has 2 amide bonds. The van der Waals surface area contributed by atoms with Crippen LogP contribution >= 0.6 is 0 Å². The molecule has 1 aromatic carbocycles. The van der Waals surface area contributed by atoms with Crippen molar-refractivity contribution in [3.8, 4) is 11.5 Å². The lowest BCUT2D eigenvalue weighted by Gasteiger charge is -2.22. The van der Waals surface area contributed by atoms with E-state index in [1.165, 1.54) is 0 Å². The number of ether oxygens (including phenoxy) is 2. The van der Waals surface area contributed by atoms with Crippen LogP contribution in [0.25, 0.3) is 0 Å². The Hall–Kier alpha value is -2.24. The largest absolute Gasteiger partial charge is 0.454 e. The lowest BCUT2D eigenvalue weighted by molar-refractivity contribution is -0.125. The molecule has 1 fully saturated rings. The van der Waals surface area contributed by atoms with E-state index in [1.807, 2.05) is 0 Å². The maximum atomic E-state index is 12.2. The third-order valence-electron chi connectivity index (χ3n) is 3.24. The SMILES string of the molecule is CC1NC(=O)CCN(c2ccc3c(c2)OCO3)C1=O. The smallest absolute Gasteiger partial charge is 0.249 e. The minimum Gasteiger partial charge on any atom is -0.454 e. The van der Waals surface area contributed by atoms with E-state index >= 15 is 0 Å². The fraction of sp³-hybridized carbons (Fsp3) is 0.385. The minimum atomic E-state index is -0.513. The van der Waals surface area contributed by atoms with Gasteiger partial charge < -0.3 is 19.7 Å². The Balaban J connectivity index is 1.91. The van der Waals surface area contributed by atoms with Gasteiger partial charge in [-0.3, -0.25) is 9.59 Å². The van der Waals surface area contributed by atoms with Crippen LogP contribution in [0.2, 0.25) is 0 Å². The van der Waals surface area contributed by atoms with Crippen LogP contribution in [0.3, 0.4) is 0 Å². The van der Waals surface area contributed by atoms with Gasteiger partial charge in [-0.25, -0.2) is 0 Å². The number of carbonyl (C=O) groups is 2. The first-order valence-corrected chi connectivity index (χ1v) is 6.15. The molecule has 0 bridgehead atoms. The Morgan fingerprint density at radius 3 is 2.89 bits per heavy atom. The fourth-order valence-electron chi connectivity index (χ4n) is 2.24. The number of fused-ring (bicyclic) bond motifs is 1. The van der Waals surface area contributed by atoms with Gasteiger partial charge in [0.15, 0.2) is 11.5 Å². The predicted molar refractivity (Wildman–Crippen MR) is 67.1 cm³/mol. The first-order chi connectivity index (χ1) is 9.15. The zero-order valence-electron chi connectivity index (χ0n) is 10.5. The highest BCUT2D eigenvalue weighted by Gasteiger charge is 2.28. The molecule has 100 valence electrons. The molecule has 1 atom stereocenters. The van der Waals surface area contributed by atoms with E-state index in [-0.39, 0.29) is 18.6 Å². The average Bonchev–Trinajstić information content (AvgIpc) is 2.81. The Labute approximate surface area is 110 Å². The van der Waals surface area contributed by atoms with Crippen LogP contribution in [0.1, 0.15) is 13.3 Å². The lowest BCUT2D eigenvalue weighted by Crippen LogP contribution is -2.42. The summed E-state index contributed by atoms with van der Waals surface area (Å²) in [6.45, 7) is 2.25. The molecule has 0 radical (unpaired) electrons. The molecule has 6 nitrogen and oxygen atoms in total. The maximum absolute atomic E-state index is 12.2. The van der Waals surface area contributed by atoms with Gasteiger partial charge in [0, 0.05) is 24.7 Å². The van der Waals surface area contributed by atoms with Crippen molar-refractivity contribution >= 4 is 17.5 Å². The molecule has 6 heteroatoms. The highest BCUT2D eigenvalue weighted by Crippen LogP contribution is 2.35. The van der Waals surface area contributed by atoms with Crippen LogP contribution in [-0.2, 0) is 9.59 Å². The Morgan fingerprint density at radius 1 is 1.26 bits per heavy atom. The summed E-state index contributed by atoms with van der Waals surface area (Å²) < 4.78 is 10.5. The summed E-state index contributed by atoms with van der Waals surface area (Å²) in [5.74, 6) is 1.07. The molecule has 1 unspecified atom stereocenters. The number of anilines is 1. The van der Waals surface area contributed by atoms with Gasteiger partial charge in [-0.1, -0.05) is 0 Å². The summed E-state index contributed by atoms with van der Waals surface area (Å²) in [5, 5.41) is 2.66. The van der Waals surface area contributed by atoms with Crippen LogP contribution in [0.5, 0.6) is 11.5 Å². The van der Waals surface area contributed by atoms with E-state index in [1.54, 1.807) is 30.0 Å². The van der Waals surface area contributed by atoms with Gasteiger partial charge in [0.05, 0.1) is 0 Å². The van der Waals surface area contributed by atoms with E-state index in [0.717, 1.165) is 5.69 Å². The van der Waals surface area contributed by atoms with Gasteiger partial charge in [-0.2, -0.15) is 0 Å². The lowest BCUT2D eigenvalue weighted by atomic mass is 10.2. The fourth-order valence-corrected chi connectivity index (χ4v) is 2.24. The number of nitrogens with zero attached hydrogens (tertiary/aromatic N) is 1. The summed E-state index contributed by atoms with van der Waals surface area (Å²) >= 11 is 0. The summed E-state index contributed by atoms with van der Waals surface area (Å²) in [6.07, 6.45) is 0.296. The first-order valence-electron chi connectivity index (χ1n) is 6.15. The first kappa shape index (κ1) is 11.8. The normalized spacial score (nSPS) is 22.2. The zero-order valence-corrected chi connectivity index (χ0v) is 10.5. The molecular weight excluding hydrogens is 248 g/mol. The third kappa shape index (κ3) is 2.09. The number of amides is 2. The van der Waals surface area contributed by atoms with Crippen molar-refractivity contribution < 1.29 is 19.1 Å². The number of hydrogen-bond acceptors (Lipinski definition) is 4. The average molecular weight is 262 g/mol. The van der Waals surface area contributed by atoms with E-state index in [2.05, 4.69) is 5.32 Å². The third-order valence-corrected chi connectivity index (χ3v) is 3.24. The predicted octanol–water partition coefficient (Wildman–Crippen LogP) is 0.657. The molecule has 1 saturated heterocycles. The van der Waals surface area contributed by atoms with Crippen LogP contribution in [0.15, 0.2) is 18.2 Å². The van der Waals surface area contributed by atoms with Crippen LogP contribution in [0, 0.1) is 0 Å². The van der Waals surface area contributed by atoms with Crippen LogP contribution in [0.4, 0.5) is 5.69 Å². The summed E-state index contributed by atoms with van der Waals surface area (Å²) in [7, 11) is 0. The van der Waals surface area contributed by atoms with Crippen molar-refractivity contribution in [1.29, 1.82) is 0 Å². The standard InChI is InChI=1S/C13H14N2O4/c1-8-13(17)15(5-4-12(16)14-8)9-2-3-10-11(6-9)19-7-18-10/h2-3,6,8H,4-5,7H2,1H3,(H,14,16). The molecule has 0 spiro atoms. The number of benzene rings is 1. The quantitative estimate of drug-likeness (QED) is 0.807. The number of nitrogens with one attached hydrogen (secondary N) is 1. The van der Waals surface area contributed by atoms with Crippen molar-refractivity contribution in [3.05, 3.63) is 18.2 Å². The van der Waals surface area contributed by atoms with Gasteiger partial charge in [0.2, 0.25) is 18.6 Å². The molecule has 0 saturated carbocycles.